The summed E-state index contributed by atoms with van der Waals surface area (Å²) in [6, 6.07) is 22.2. The molecule has 0 saturated heterocycles. The van der Waals surface area contributed by atoms with Crippen molar-refractivity contribution in [1.29, 1.82) is 0 Å². The van der Waals surface area contributed by atoms with Gasteiger partial charge in [-0.1, -0.05) is 103 Å². The van der Waals surface area contributed by atoms with Gasteiger partial charge in [0.15, 0.2) is 0 Å². The highest BCUT2D eigenvalue weighted by Gasteiger charge is 2.21. The third kappa shape index (κ3) is 8.25. The van der Waals surface area contributed by atoms with E-state index in [0.717, 1.165) is 34.0 Å². The van der Waals surface area contributed by atoms with Gasteiger partial charge < -0.3 is 15.2 Å². The first-order valence-corrected chi connectivity index (χ1v) is 12.9. The number of ether oxygens (including phenoxy) is 1. The molecule has 0 aliphatic heterocycles. The van der Waals surface area contributed by atoms with Gasteiger partial charge in [0.05, 0.1) is 24.6 Å². The minimum atomic E-state index is -0.986. The number of aliphatic carboxylic acids is 1. The SMILES string of the molecule is CCCCCCCOc1ccc(Br)cc1C(=O)NC(CC(=O)O)c1ccc(-c2ccccc2)cc1. The van der Waals surface area contributed by atoms with Gasteiger partial charge in [-0.2, -0.15) is 0 Å². The quantitative estimate of drug-likeness (QED) is 0.222. The Labute approximate surface area is 215 Å². The molecule has 0 radical (unpaired) electrons. The number of rotatable bonds is 13. The average molecular weight is 538 g/mol. The van der Waals surface area contributed by atoms with E-state index in [4.69, 9.17) is 4.74 Å². The molecule has 184 valence electrons. The van der Waals surface area contributed by atoms with E-state index in [1.54, 1.807) is 12.1 Å². The third-order valence-electron chi connectivity index (χ3n) is 5.80. The van der Waals surface area contributed by atoms with E-state index in [1.807, 2.05) is 60.7 Å². The lowest BCUT2D eigenvalue weighted by molar-refractivity contribution is -0.137. The standard InChI is InChI=1S/C29H32BrNO4/c1-2-3-4-5-9-18-35-27-17-16-24(30)19-25(27)29(34)31-26(20-28(32)33)23-14-12-22(13-15-23)21-10-7-6-8-11-21/h6-8,10-17,19,26H,2-5,9,18,20H2,1H3,(H,31,34)(H,32,33). The van der Waals surface area contributed by atoms with Crippen LogP contribution in [0.4, 0.5) is 0 Å². The van der Waals surface area contributed by atoms with Gasteiger partial charge in [0.2, 0.25) is 0 Å². The molecule has 2 N–H and O–H groups in total. The molecule has 0 fully saturated rings. The van der Waals surface area contributed by atoms with Crippen LogP contribution in [0.3, 0.4) is 0 Å². The summed E-state index contributed by atoms with van der Waals surface area (Å²) in [5.74, 6) is -0.861. The van der Waals surface area contributed by atoms with Crippen molar-refractivity contribution < 1.29 is 19.4 Å². The summed E-state index contributed by atoms with van der Waals surface area (Å²) in [6.07, 6.45) is 5.36. The molecule has 0 spiro atoms. The van der Waals surface area contributed by atoms with E-state index in [0.29, 0.717) is 17.9 Å². The van der Waals surface area contributed by atoms with Crippen LogP contribution >= 0.6 is 15.9 Å². The molecule has 0 aromatic heterocycles. The first kappa shape index (κ1) is 26.5. The number of hydrogen-bond donors (Lipinski definition) is 2. The summed E-state index contributed by atoms with van der Waals surface area (Å²) in [5.41, 5.74) is 3.21. The Kier molecular flexibility index (Phi) is 10.4. The number of unbranched alkanes of at least 4 members (excludes halogenated alkanes) is 4. The first-order valence-electron chi connectivity index (χ1n) is 12.1. The Hall–Kier alpha value is -3.12. The summed E-state index contributed by atoms with van der Waals surface area (Å²) in [6.45, 7) is 2.71. The maximum absolute atomic E-state index is 13.2. The zero-order chi connectivity index (χ0) is 25.0. The predicted molar refractivity (Wildman–Crippen MR) is 143 cm³/mol. The molecule has 1 amide bonds. The first-order chi connectivity index (χ1) is 17.0. The van der Waals surface area contributed by atoms with Crippen LogP contribution in [0.25, 0.3) is 11.1 Å². The maximum atomic E-state index is 13.2. The molecule has 35 heavy (non-hydrogen) atoms. The van der Waals surface area contributed by atoms with Gasteiger partial charge in [-0.15, -0.1) is 0 Å². The van der Waals surface area contributed by atoms with E-state index in [-0.39, 0.29) is 12.3 Å². The largest absolute Gasteiger partial charge is 0.493 e. The molecule has 1 atom stereocenters. The van der Waals surface area contributed by atoms with Crippen LogP contribution in [0.15, 0.2) is 77.3 Å². The minimum absolute atomic E-state index is 0.224. The monoisotopic (exact) mass is 537 g/mol. The highest BCUT2D eigenvalue weighted by atomic mass is 79.9. The number of benzene rings is 3. The van der Waals surface area contributed by atoms with Gasteiger partial charge in [-0.25, -0.2) is 0 Å². The van der Waals surface area contributed by atoms with Crippen LogP contribution in [0.5, 0.6) is 5.75 Å². The average Bonchev–Trinajstić information content (AvgIpc) is 2.86. The molecule has 0 bridgehead atoms. The summed E-state index contributed by atoms with van der Waals surface area (Å²) in [5, 5.41) is 12.4. The van der Waals surface area contributed by atoms with E-state index >= 15 is 0 Å². The number of nitrogens with one attached hydrogen (secondary N) is 1. The summed E-state index contributed by atoms with van der Waals surface area (Å²) >= 11 is 3.43. The lowest BCUT2D eigenvalue weighted by atomic mass is 9.98. The molecular formula is C29H32BrNO4. The predicted octanol–water partition coefficient (Wildman–Crippen LogP) is 7.41. The van der Waals surface area contributed by atoms with E-state index in [9.17, 15) is 14.7 Å². The number of carboxylic acid groups (broad SMARTS) is 1. The van der Waals surface area contributed by atoms with E-state index in [1.165, 1.54) is 19.3 Å². The molecule has 0 heterocycles. The number of halogens is 1. The number of carbonyl (C=O) groups excluding carboxylic acids is 1. The number of carbonyl (C=O) groups is 2. The second-order valence-electron chi connectivity index (χ2n) is 8.52. The summed E-state index contributed by atoms with van der Waals surface area (Å²) < 4.78 is 6.68. The highest BCUT2D eigenvalue weighted by molar-refractivity contribution is 9.10. The maximum Gasteiger partial charge on any atom is 0.305 e. The van der Waals surface area contributed by atoms with Gasteiger partial charge in [0.1, 0.15) is 5.75 Å². The van der Waals surface area contributed by atoms with Gasteiger partial charge in [0.25, 0.3) is 5.91 Å². The highest BCUT2D eigenvalue weighted by Crippen LogP contribution is 2.27. The zero-order valence-corrected chi connectivity index (χ0v) is 21.6. The fourth-order valence-electron chi connectivity index (χ4n) is 3.89. The fourth-order valence-corrected chi connectivity index (χ4v) is 4.26. The number of amides is 1. The molecule has 0 saturated carbocycles. The van der Waals surface area contributed by atoms with Crippen LogP contribution in [-0.2, 0) is 4.79 Å². The van der Waals surface area contributed by atoms with Crippen LogP contribution in [0.2, 0.25) is 0 Å². The molecular weight excluding hydrogens is 506 g/mol. The number of carboxylic acids is 1. The Balaban J connectivity index is 1.73. The Morgan fingerprint density at radius 3 is 2.29 bits per heavy atom. The van der Waals surface area contributed by atoms with Crippen LogP contribution in [0.1, 0.15) is 67.4 Å². The molecule has 3 aromatic carbocycles. The fraction of sp³-hybridized carbons (Fsp3) is 0.310. The second-order valence-corrected chi connectivity index (χ2v) is 9.43. The molecule has 3 aromatic rings. The van der Waals surface area contributed by atoms with Crippen LogP contribution < -0.4 is 10.1 Å². The topological polar surface area (TPSA) is 75.6 Å². The lowest BCUT2D eigenvalue weighted by Gasteiger charge is -2.19. The summed E-state index contributed by atoms with van der Waals surface area (Å²) in [4.78, 5) is 24.8. The normalized spacial score (nSPS) is 11.6. The lowest BCUT2D eigenvalue weighted by Crippen LogP contribution is -2.30. The van der Waals surface area contributed by atoms with Crippen LogP contribution in [0, 0.1) is 0 Å². The Morgan fingerprint density at radius 2 is 1.60 bits per heavy atom. The minimum Gasteiger partial charge on any atom is -0.493 e. The summed E-state index contributed by atoms with van der Waals surface area (Å²) in [7, 11) is 0. The van der Waals surface area contributed by atoms with Crippen molar-refractivity contribution in [3.05, 3.63) is 88.4 Å². The smallest absolute Gasteiger partial charge is 0.305 e. The van der Waals surface area contributed by atoms with Gasteiger partial charge in [-0.05, 0) is 41.3 Å². The van der Waals surface area contributed by atoms with Crippen LogP contribution in [-0.4, -0.2) is 23.6 Å². The molecule has 0 aliphatic carbocycles. The van der Waals surface area contributed by atoms with Crippen molar-refractivity contribution >= 4 is 27.8 Å². The Bertz CT molecular complexity index is 1100. The van der Waals surface area contributed by atoms with Crippen molar-refractivity contribution in [2.75, 3.05) is 6.61 Å². The third-order valence-corrected chi connectivity index (χ3v) is 6.29. The van der Waals surface area contributed by atoms with Gasteiger partial charge in [0, 0.05) is 4.47 Å². The van der Waals surface area contributed by atoms with Crippen molar-refractivity contribution in [2.24, 2.45) is 0 Å². The molecule has 5 nitrogen and oxygen atoms in total. The Morgan fingerprint density at radius 1 is 0.914 bits per heavy atom. The zero-order valence-electron chi connectivity index (χ0n) is 20.0. The van der Waals surface area contributed by atoms with E-state index in [2.05, 4.69) is 28.2 Å². The molecule has 1 unspecified atom stereocenters. The van der Waals surface area contributed by atoms with Crippen molar-refractivity contribution in [3.8, 4) is 16.9 Å². The molecule has 0 aliphatic rings. The second kappa shape index (κ2) is 13.7. The van der Waals surface area contributed by atoms with Crippen molar-refractivity contribution in [3.63, 3.8) is 0 Å². The van der Waals surface area contributed by atoms with E-state index < -0.39 is 12.0 Å². The van der Waals surface area contributed by atoms with Crippen molar-refractivity contribution in [1.82, 2.24) is 5.32 Å². The van der Waals surface area contributed by atoms with Crippen molar-refractivity contribution in [2.45, 2.75) is 51.5 Å². The molecule has 3 rings (SSSR count). The number of hydrogen-bond acceptors (Lipinski definition) is 3. The van der Waals surface area contributed by atoms with Gasteiger partial charge >= 0.3 is 5.97 Å². The van der Waals surface area contributed by atoms with Gasteiger partial charge in [-0.3, -0.25) is 9.59 Å². The molecule has 6 heteroatoms.